The molecule has 1 atom stereocenters. The molecular weight excluding hydrogens is 967 g/mol. The first-order valence-electron chi connectivity index (χ1n) is 21.4. The highest BCUT2D eigenvalue weighted by molar-refractivity contribution is 7.81. The molecule has 1 unspecified atom stereocenters. The fourth-order valence-electron chi connectivity index (χ4n) is 8.97. The lowest BCUT2D eigenvalue weighted by Crippen LogP contribution is -2.55. The van der Waals surface area contributed by atoms with Gasteiger partial charge in [0.2, 0.25) is 0 Å². The molecule has 5 aromatic rings. The van der Waals surface area contributed by atoms with Gasteiger partial charge in [0.25, 0.3) is 11.8 Å². The predicted octanol–water partition coefficient (Wildman–Crippen LogP) is 10.5. The molecule has 12 nitrogen and oxygen atoms in total. The standard InChI is InChI=1S/C48H35F8N9O3S2/c1-45(2)41(66)62(34-17-11-28(22-58)37(39(34)49)47(51,52)53)43(69)64(45)31-14-8-26(9-15-31)7-10-27(21-57)33-25-68-36(61-33)6-3-5-30-13-16-32(24-60-30)65-44(70)63(42(67)46(65)19-4-20-46)35-18-12-29(23-59)38(40(35)50)48(54,55)56/h8-9,11-18,24-25,27H,3-7,10,19-20H2,1-2H3. The fraction of sp³-hybridized carbons (Fsp3) is 0.312. The Morgan fingerprint density at radius 3 is 1.80 bits per heavy atom. The number of alkyl halides is 6. The molecule has 358 valence electrons. The highest BCUT2D eigenvalue weighted by Crippen LogP contribution is 2.49. The fourth-order valence-corrected chi connectivity index (χ4v) is 9.94. The summed E-state index contributed by atoms with van der Waals surface area (Å²) in [4.78, 5) is 40.9. The van der Waals surface area contributed by atoms with Crippen LogP contribution in [0.1, 0.15) is 97.0 Å². The number of oxazole rings is 1. The number of nitriles is 3. The number of carbonyl (C=O) groups excluding carboxylic acids is 2. The summed E-state index contributed by atoms with van der Waals surface area (Å²) in [7, 11) is 0. The zero-order valence-electron chi connectivity index (χ0n) is 36.8. The van der Waals surface area contributed by atoms with Crippen molar-refractivity contribution in [2.24, 2.45) is 0 Å². The van der Waals surface area contributed by atoms with Crippen molar-refractivity contribution in [3.63, 3.8) is 0 Å². The van der Waals surface area contributed by atoms with Gasteiger partial charge in [0.15, 0.2) is 27.8 Å². The van der Waals surface area contributed by atoms with Crippen LogP contribution in [-0.2, 0) is 41.2 Å². The highest BCUT2D eigenvalue weighted by Gasteiger charge is 2.60. The monoisotopic (exact) mass is 1000 g/mol. The number of hydrogen-bond donors (Lipinski definition) is 0. The molecule has 22 heteroatoms. The number of carbonyl (C=O) groups is 2. The Labute approximate surface area is 404 Å². The van der Waals surface area contributed by atoms with Gasteiger partial charge >= 0.3 is 12.4 Å². The number of benzene rings is 3. The molecule has 2 amide bonds. The zero-order chi connectivity index (χ0) is 50.7. The van der Waals surface area contributed by atoms with E-state index in [4.69, 9.17) is 28.9 Å². The Kier molecular flexibility index (Phi) is 12.8. The van der Waals surface area contributed by atoms with E-state index in [0.717, 1.165) is 34.7 Å². The summed E-state index contributed by atoms with van der Waals surface area (Å²) in [6, 6.07) is 18.5. The van der Waals surface area contributed by atoms with E-state index < -0.39 is 86.4 Å². The Morgan fingerprint density at radius 2 is 1.30 bits per heavy atom. The quantitative estimate of drug-likeness (QED) is 0.0862. The number of amides is 2. The molecule has 3 fully saturated rings. The van der Waals surface area contributed by atoms with E-state index in [-0.39, 0.29) is 10.2 Å². The van der Waals surface area contributed by atoms with Gasteiger partial charge in [0, 0.05) is 17.8 Å². The van der Waals surface area contributed by atoms with Gasteiger partial charge < -0.3 is 14.2 Å². The second kappa shape index (κ2) is 18.2. The van der Waals surface area contributed by atoms with Crippen LogP contribution in [0, 0.1) is 45.6 Å². The number of nitrogens with zero attached hydrogens (tertiary/aromatic N) is 9. The summed E-state index contributed by atoms with van der Waals surface area (Å²) >= 11 is 11.1. The van der Waals surface area contributed by atoms with Gasteiger partial charge in [-0.15, -0.1) is 0 Å². The van der Waals surface area contributed by atoms with Crippen molar-refractivity contribution in [1.82, 2.24) is 9.97 Å². The smallest absolute Gasteiger partial charge is 0.420 e. The molecule has 0 bridgehead atoms. The van der Waals surface area contributed by atoms with Crippen molar-refractivity contribution in [3.8, 4) is 18.2 Å². The predicted molar refractivity (Wildman–Crippen MR) is 244 cm³/mol. The number of rotatable bonds is 12. The maximum Gasteiger partial charge on any atom is 0.420 e. The molecule has 8 rings (SSSR count). The lowest BCUT2D eigenvalue weighted by atomic mass is 9.75. The summed E-state index contributed by atoms with van der Waals surface area (Å²) in [6.07, 6.45) is -4.11. The van der Waals surface area contributed by atoms with E-state index in [0.29, 0.717) is 84.9 Å². The molecule has 3 aromatic carbocycles. The summed E-state index contributed by atoms with van der Waals surface area (Å²) in [5, 5.41) is 27.9. The van der Waals surface area contributed by atoms with Gasteiger partial charge in [-0.1, -0.05) is 12.1 Å². The van der Waals surface area contributed by atoms with E-state index in [9.17, 15) is 51.7 Å². The van der Waals surface area contributed by atoms with Crippen molar-refractivity contribution in [2.75, 3.05) is 19.6 Å². The molecule has 3 aliphatic rings. The second-order valence-electron chi connectivity index (χ2n) is 17.2. The Morgan fingerprint density at radius 1 is 0.743 bits per heavy atom. The lowest BCUT2D eigenvalue weighted by Gasteiger charge is -2.42. The number of hydrogen-bond acceptors (Lipinski definition) is 10. The van der Waals surface area contributed by atoms with Crippen LogP contribution in [0.2, 0.25) is 0 Å². The summed E-state index contributed by atoms with van der Waals surface area (Å²) < 4.78 is 120. The van der Waals surface area contributed by atoms with Crippen molar-refractivity contribution in [2.45, 2.75) is 94.6 Å². The van der Waals surface area contributed by atoms with E-state index in [1.54, 1.807) is 36.4 Å². The minimum atomic E-state index is -5.22. The number of pyridine rings is 1. The van der Waals surface area contributed by atoms with E-state index >= 15 is 8.78 Å². The van der Waals surface area contributed by atoms with Crippen molar-refractivity contribution >= 4 is 69.2 Å². The number of thiocarbonyl (C=S) groups is 2. The van der Waals surface area contributed by atoms with E-state index in [2.05, 4.69) is 16.0 Å². The molecule has 2 aliphatic heterocycles. The molecule has 70 heavy (non-hydrogen) atoms. The maximum absolute atomic E-state index is 15.5. The van der Waals surface area contributed by atoms with Crippen LogP contribution in [0.3, 0.4) is 0 Å². The first-order chi connectivity index (χ1) is 33.1. The summed E-state index contributed by atoms with van der Waals surface area (Å²) in [6.45, 7) is 2.98. The number of aryl methyl sites for hydroxylation is 3. The SMILES string of the molecule is CC1(C)C(=O)N(c2ccc(C#N)c(C(F)(F)F)c2F)C(=S)N1c1ccc(CCC(C#N)c2coc(CCCc3ccc(N4C(=S)N(c5ccc(C#N)c(C(F)(F)F)c5F)C(=O)C45CCC5)cn3)n2)cc1. The minimum absolute atomic E-state index is 0.221. The Hall–Kier alpha value is -7.35. The van der Waals surface area contributed by atoms with Gasteiger partial charge in [-0.25, -0.2) is 13.8 Å². The summed E-state index contributed by atoms with van der Waals surface area (Å²) in [5.74, 6) is -5.30. The third kappa shape index (κ3) is 8.36. The van der Waals surface area contributed by atoms with Gasteiger partial charge in [0.05, 0.1) is 64.2 Å². The zero-order valence-corrected chi connectivity index (χ0v) is 38.4. The normalized spacial score (nSPS) is 17.0. The largest absolute Gasteiger partial charge is 0.449 e. The maximum atomic E-state index is 15.5. The number of halogens is 8. The van der Waals surface area contributed by atoms with E-state index in [1.165, 1.54) is 48.2 Å². The van der Waals surface area contributed by atoms with Crippen LogP contribution in [0.4, 0.5) is 57.9 Å². The average Bonchev–Trinajstić information content (AvgIpc) is 3.91. The van der Waals surface area contributed by atoms with Crippen LogP contribution in [0.15, 0.2) is 77.5 Å². The van der Waals surface area contributed by atoms with Crippen LogP contribution in [0.25, 0.3) is 0 Å². The lowest BCUT2D eigenvalue weighted by molar-refractivity contribution is -0.141. The Balaban J connectivity index is 0.877. The van der Waals surface area contributed by atoms with Crippen molar-refractivity contribution in [1.29, 1.82) is 15.8 Å². The van der Waals surface area contributed by atoms with Crippen LogP contribution in [-0.4, -0.2) is 43.1 Å². The average molecular weight is 1000 g/mol. The number of anilines is 4. The van der Waals surface area contributed by atoms with Gasteiger partial charge in [0.1, 0.15) is 28.5 Å². The molecule has 2 aromatic heterocycles. The van der Waals surface area contributed by atoms with Crippen molar-refractivity contribution < 1.29 is 49.1 Å². The number of aromatic nitrogens is 2. The summed E-state index contributed by atoms with van der Waals surface area (Å²) in [5.41, 5.74) is -6.91. The molecule has 4 heterocycles. The topological polar surface area (TPSA) is 157 Å². The van der Waals surface area contributed by atoms with Gasteiger partial charge in [-0.3, -0.25) is 24.4 Å². The third-order valence-corrected chi connectivity index (χ3v) is 13.4. The molecule has 1 aliphatic carbocycles. The van der Waals surface area contributed by atoms with Gasteiger partial charge in [-0.05, 0) is 137 Å². The third-order valence-electron chi connectivity index (χ3n) is 12.7. The molecular formula is C48H35F8N9O3S2. The molecule has 1 saturated carbocycles. The minimum Gasteiger partial charge on any atom is -0.449 e. The second-order valence-corrected chi connectivity index (χ2v) is 18.0. The van der Waals surface area contributed by atoms with Crippen LogP contribution in [0.5, 0.6) is 0 Å². The molecule has 1 spiro atoms. The van der Waals surface area contributed by atoms with Gasteiger partial charge in [-0.2, -0.15) is 42.1 Å². The highest BCUT2D eigenvalue weighted by atomic mass is 32.1. The molecule has 0 N–H and O–H groups in total. The van der Waals surface area contributed by atoms with Crippen LogP contribution >= 0.6 is 24.4 Å². The van der Waals surface area contributed by atoms with E-state index in [1.807, 2.05) is 0 Å². The molecule has 2 saturated heterocycles. The Bertz CT molecular complexity index is 3100. The molecule has 0 radical (unpaired) electrons. The first-order valence-corrected chi connectivity index (χ1v) is 22.3. The van der Waals surface area contributed by atoms with Crippen molar-refractivity contribution in [3.05, 3.63) is 130 Å². The van der Waals surface area contributed by atoms with Crippen LogP contribution < -0.4 is 19.6 Å². The first kappa shape index (κ1) is 49.1.